The summed E-state index contributed by atoms with van der Waals surface area (Å²) in [7, 11) is -2.01. The minimum atomic E-state index is -2.01. The molecule has 0 N–H and O–H groups in total. The molecule has 1 fully saturated rings. The van der Waals surface area contributed by atoms with Gasteiger partial charge in [-0.15, -0.1) is 0 Å². The van der Waals surface area contributed by atoms with E-state index >= 15 is 0 Å². The van der Waals surface area contributed by atoms with E-state index in [4.69, 9.17) is 4.43 Å². The Morgan fingerprint density at radius 2 is 1.69 bits per heavy atom. The van der Waals surface area contributed by atoms with Gasteiger partial charge in [0.05, 0.1) is 18.2 Å². The molecule has 1 unspecified atom stereocenters. The van der Waals surface area contributed by atoms with E-state index in [9.17, 15) is 10.5 Å². The Hall–Kier alpha value is -1.66. The third kappa shape index (κ3) is 6.96. The van der Waals surface area contributed by atoms with Crippen molar-refractivity contribution in [1.82, 2.24) is 4.90 Å². The molecule has 0 amide bonds. The molecular formula is C24H37N3OSi. The molecule has 29 heavy (non-hydrogen) atoms. The van der Waals surface area contributed by atoms with Gasteiger partial charge >= 0.3 is 0 Å². The minimum Gasteiger partial charge on any atom is -0.412 e. The van der Waals surface area contributed by atoms with Crippen molar-refractivity contribution in [3.63, 3.8) is 0 Å². The van der Waals surface area contributed by atoms with Gasteiger partial charge in [-0.3, -0.25) is 4.90 Å². The van der Waals surface area contributed by atoms with Crippen molar-refractivity contribution in [2.45, 2.75) is 77.2 Å². The van der Waals surface area contributed by atoms with E-state index in [0.29, 0.717) is 5.92 Å². The maximum absolute atomic E-state index is 9.46. The van der Waals surface area contributed by atoms with Crippen LogP contribution in [0.4, 0.5) is 0 Å². The molecule has 0 aromatic heterocycles. The number of rotatable bonds is 8. The summed E-state index contributed by atoms with van der Waals surface area (Å²) in [6, 6.07) is 15.0. The monoisotopic (exact) mass is 411 g/mol. The molecule has 1 aromatic rings. The fourth-order valence-corrected chi connectivity index (χ4v) is 5.08. The Labute approximate surface area is 178 Å². The summed E-state index contributed by atoms with van der Waals surface area (Å²) >= 11 is 0. The van der Waals surface area contributed by atoms with Gasteiger partial charge in [0.15, 0.2) is 14.2 Å². The standard InChI is InChI=1S/C24H37N3OSi/c1-24(2,3)29(4,5)28-23(22(17-25)18-26)12-11-20-13-15-27(16-14-20)19-21-9-7-6-8-10-21/h6-10,20,22-23H,11-16,19H2,1-5H3. The number of likely N-dealkylation sites (tertiary alicyclic amines) is 1. The van der Waals surface area contributed by atoms with Gasteiger partial charge in [0.25, 0.3) is 0 Å². The van der Waals surface area contributed by atoms with Crippen molar-refractivity contribution in [3.8, 4) is 12.1 Å². The molecule has 158 valence electrons. The van der Waals surface area contributed by atoms with Gasteiger partial charge in [-0.05, 0) is 68.4 Å². The second-order valence-electron chi connectivity index (χ2n) is 9.93. The van der Waals surface area contributed by atoms with Crippen LogP contribution in [0.1, 0.15) is 52.0 Å². The van der Waals surface area contributed by atoms with Crippen LogP contribution in [-0.4, -0.2) is 32.4 Å². The van der Waals surface area contributed by atoms with Crippen molar-refractivity contribution in [2.24, 2.45) is 11.8 Å². The van der Waals surface area contributed by atoms with E-state index in [0.717, 1.165) is 32.5 Å². The molecule has 0 bridgehead atoms. The Morgan fingerprint density at radius 3 is 2.21 bits per heavy atom. The molecule has 0 radical (unpaired) electrons. The molecule has 0 spiro atoms. The summed E-state index contributed by atoms with van der Waals surface area (Å²) in [5.41, 5.74) is 1.37. The lowest BCUT2D eigenvalue weighted by Crippen LogP contribution is -2.45. The number of benzene rings is 1. The lowest BCUT2D eigenvalue weighted by atomic mass is 9.89. The molecule has 2 rings (SSSR count). The zero-order valence-electron chi connectivity index (χ0n) is 18.8. The van der Waals surface area contributed by atoms with Crippen LogP contribution >= 0.6 is 0 Å². The fraction of sp³-hybridized carbons (Fsp3) is 0.667. The highest BCUT2D eigenvalue weighted by Gasteiger charge is 2.41. The van der Waals surface area contributed by atoms with Crippen LogP contribution in [0.2, 0.25) is 18.1 Å². The molecule has 1 aliphatic heterocycles. The zero-order valence-corrected chi connectivity index (χ0v) is 19.8. The van der Waals surface area contributed by atoms with E-state index in [1.54, 1.807) is 0 Å². The van der Waals surface area contributed by atoms with Gasteiger partial charge in [-0.2, -0.15) is 10.5 Å². The molecule has 1 aliphatic rings. The highest BCUT2D eigenvalue weighted by atomic mass is 28.4. The zero-order chi connectivity index (χ0) is 21.5. The number of nitriles is 2. The van der Waals surface area contributed by atoms with Gasteiger partial charge in [-0.25, -0.2) is 0 Å². The van der Waals surface area contributed by atoms with Gasteiger partial charge in [0.1, 0.15) is 0 Å². The first-order valence-corrected chi connectivity index (χ1v) is 13.8. The molecule has 1 aromatic carbocycles. The van der Waals surface area contributed by atoms with E-state index in [-0.39, 0.29) is 11.1 Å². The Bertz CT molecular complexity index is 692. The normalized spacial score (nSPS) is 17.7. The quantitative estimate of drug-likeness (QED) is 0.512. The van der Waals surface area contributed by atoms with Crippen LogP contribution in [0.5, 0.6) is 0 Å². The third-order valence-corrected chi connectivity index (χ3v) is 11.2. The van der Waals surface area contributed by atoms with Gasteiger partial charge in [0.2, 0.25) is 0 Å². The first-order chi connectivity index (χ1) is 13.7. The smallest absolute Gasteiger partial charge is 0.192 e. The van der Waals surface area contributed by atoms with E-state index in [1.165, 1.54) is 18.4 Å². The first-order valence-electron chi connectivity index (χ1n) is 10.9. The van der Waals surface area contributed by atoms with Crippen molar-refractivity contribution in [3.05, 3.63) is 35.9 Å². The Kier molecular flexibility index (Phi) is 8.46. The van der Waals surface area contributed by atoms with Crippen molar-refractivity contribution < 1.29 is 4.43 Å². The van der Waals surface area contributed by atoms with E-state index in [1.807, 2.05) is 0 Å². The van der Waals surface area contributed by atoms with Crippen molar-refractivity contribution in [1.29, 1.82) is 10.5 Å². The minimum absolute atomic E-state index is 0.0729. The maximum Gasteiger partial charge on any atom is 0.192 e. The van der Waals surface area contributed by atoms with Crippen LogP contribution in [0, 0.1) is 34.5 Å². The molecular weight excluding hydrogens is 374 g/mol. The van der Waals surface area contributed by atoms with Gasteiger partial charge < -0.3 is 4.43 Å². The third-order valence-electron chi connectivity index (χ3n) is 6.72. The summed E-state index contributed by atoms with van der Waals surface area (Å²) < 4.78 is 6.52. The number of piperidine rings is 1. The predicted molar refractivity (Wildman–Crippen MR) is 120 cm³/mol. The van der Waals surface area contributed by atoms with Gasteiger partial charge in [0, 0.05) is 6.54 Å². The maximum atomic E-state index is 9.46. The predicted octanol–water partition coefficient (Wildman–Crippen LogP) is 5.73. The summed E-state index contributed by atoms with van der Waals surface area (Å²) in [6.45, 7) is 14.3. The van der Waals surface area contributed by atoms with Crippen molar-refractivity contribution >= 4 is 8.32 Å². The Balaban J connectivity index is 1.88. The summed E-state index contributed by atoms with van der Waals surface area (Å²) in [6.07, 6.45) is 3.94. The second kappa shape index (κ2) is 10.4. The van der Waals surface area contributed by atoms with Crippen LogP contribution in [0.15, 0.2) is 30.3 Å². The van der Waals surface area contributed by atoms with Crippen LogP contribution in [-0.2, 0) is 11.0 Å². The SMILES string of the molecule is CC(C)(C)[Si](C)(C)OC(CCC1CCN(Cc2ccccc2)CC1)C(C#N)C#N. The number of hydrogen-bond donors (Lipinski definition) is 0. The number of nitrogens with zero attached hydrogens (tertiary/aromatic N) is 3. The highest BCUT2D eigenvalue weighted by Crippen LogP contribution is 2.39. The molecule has 1 saturated heterocycles. The number of hydrogen-bond acceptors (Lipinski definition) is 4. The lowest BCUT2D eigenvalue weighted by Gasteiger charge is -2.40. The van der Waals surface area contributed by atoms with E-state index < -0.39 is 14.2 Å². The largest absolute Gasteiger partial charge is 0.412 e. The summed E-state index contributed by atoms with van der Waals surface area (Å²) in [5, 5.41) is 19.0. The fourth-order valence-electron chi connectivity index (χ4n) is 3.72. The topological polar surface area (TPSA) is 60.0 Å². The van der Waals surface area contributed by atoms with Gasteiger partial charge in [-0.1, -0.05) is 51.1 Å². The Morgan fingerprint density at radius 1 is 1.10 bits per heavy atom. The molecule has 4 nitrogen and oxygen atoms in total. The molecule has 5 heteroatoms. The second-order valence-corrected chi connectivity index (χ2v) is 14.7. The molecule has 1 atom stereocenters. The average molecular weight is 412 g/mol. The summed E-state index contributed by atoms with van der Waals surface area (Å²) in [5.74, 6) is -0.0205. The van der Waals surface area contributed by atoms with Crippen LogP contribution in [0.25, 0.3) is 0 Å². The lowest BCUT2D eigenvalue weighted by molar-refractivity contribution is 0.124. The van der Waals surface area contributed by atoms with Crippen molar-refractivity contribution in [2.75, 3.05) is 13.1 Å². The molecule has 0 aliphatic carbocycles. The summed E-state index contributed by atoms with van der Waals surface area (Å²) in [4.78, 5) is 2.53. The first kappa shape index (κ1) is 23.6. The average Bonchev–Trinajstić information content (AvgIpc) is 2.68. The molecule has 1 heterocycles. The van der Waals surface area contributed by atoms with E-state index in [2.05, 4.69) is 81.2 Å². The van der Waals surface area contributed by atoms with Crippen LogP contribution < -0.4 is 0 Å². The molecule has 0 saturated carbocycles. The highest BCUT2D eigenvalue weighted by molar-refractivity contribution is 6.74. The van der Waals surface area contributed by atoms with Crippen LogP contribution in [0.3, 0.4) is 0 Å².